The number of carbonyl (C=O) groups is 1. The van der Waals surface area contributed by atoms with E-state index in [1.807, 2.05) is 0 Å². The van der Waals surface area contributed by atoms with Gasteiger partial charge in [0.15, 0.2) is 11.6 Å². The van der Waals surface area contributed by atoms with Crippen LogP contribution < -0.4 is 4.74 Å². The zero-order valence-corrected chi connectivity index (χ0v) is 21.1. The number of hydrogen-bond donors (Lipinski definition) is 0. The van der Waals surface area contributed by atoms with Gasteiger partial charge in [0.1, 0.15) is 5.75 Å². The number of ether oxygens (including phenoxy) is 1. The number of esters is 1. The molecule has 0 amide bonds. The van der Waals surface area contributed by atoms with Crippen molar-refractivity contribution in [1.82, 2.24) is 0 Å². The molecule has 3 fully saturated rings. The van der Waals surface area contributed by atoms with E-state index in [2.05, 4.69) is 6.92 Å². The summed E-state index contributed by atoms with van der Waals surface area (Å²) >= 11 is 0. The Morgan fingerprint density at radius 1 is 0.853 bits per heavy atom. The Kier molecular flexibility index (Phi) is 9.42. The fraction of sp³-hybridized carbons (Fsp3) is 0.767. The number of rotatable bonds is 9. The Morgan fingerprint density at radius 2 is 1.62 bits per heavy atom. The average molecular weight is 475 g/mol. The lowest BCUT2D eigenvalue weighted by Crippen LogP contribution is -2.40. The van der Waals surface area contributed by atoms with Gasteiger partial charge in [-0.2, -0.15) is 0 Å². The van der Waals surface area contributed by atoms with E-state index in [1.54, 1.807) is 0 Å². The van der Waals surface area contributed by atoms with Gasteiger partial charge in [-0.1, -0.05) is 71.1 Å². The molecule has 0 radical (unpaired) electrons. The van der Waals surface area contributed by atoms with Crippen LogP contribution in [0.3, 0.4) is 0 Å². The first-order valence-corrected chi connectivity index (χ1v) is 14.2. The van der Waals surface area contributed by atoms with E-state index in [4.69, 9.17) is 4.74 Å². The molecular formula is C30H44F2O2. The Labute approximate surface area is 205 Å². The van der Waals surface area contributed by atoms with E-state index in [0.717, 1.165) is 49.1 Å². The highest BCUT2D eigenvalue weighted by Crippen LogP contribution is 2.50. The molecule has 2 nitrogen and oxygen atoms in total. The third-order valence-corrected chi connectivity index (χ3v) is 9.37. The molecule has 1 aromatic carbocycles. The number of unbranched alkanes of at least 4 members (excludes halogenated alkanes) is 4. The highest BCUT2D eigenvalue weighted by atomic mass is 19.2. The third kappa shape index (κ3) is 6.61. The van der Waals surface area contributed by atoms with E-state index in [0.29, 0.717) is 11.8 Å². The van der Waals surface area contributed by atoms with Crippen molar-refractivity contribution >= 4 is 5.97 Å². The maximum Gasteiger partial charge on any atom is 0.314 e. The fourth-order valence-electron chi connectivity index (χ4n) is 7.44. The third-order valence-electron chi connectivity index (χ3n) is 9.37. The van der Waals surface area contributed by atoms with Gasteiger partial charge in [-0.3, -0.25) is 4.79 Å². The maximum atomic E-state index is 13.5. The van der Waals surface area contributed by atoms with Crippen LogP contribution in [0, 0.1) is 47.1 Å². The lowest BCUT2D eigenvalue weighted by atomic mass is 9.59. The topological polar surface area (TPSA) is 26.3 Å². The van der Waals surface area contributed by atoms with Crippen LogP contribution >= 0.6 is 0 Å². The van der Waals surface area contributed by atoms with E-state index in [9.17, 15) is 13.6 Å². The minimum absolute atomic E-state index is 0.101. The molecule has 0 spiro atoms. The molecule has 0 aliphatic heterocycles. The van der Waals surface area contributed by atoms with Crippen LogP contribution in [-0.4, -0.2) is 5.97 Å². The Hall–Kier alpha value is -1.45. The second-order valence-electron chi connectivity index (χ2n) is 11.5. The monoisotopic (exact) mass is 474 g/mol. The van der Waals surface area contributed by atoms with Gasteiger partial charge < -0.3 is 4.74 Å². The van der Waals surface area contributed by atoms with Crippen molar-refractivity contribution in [2.75, 3.05) is 0 Å². The highest BCUT2D eigenvalue weighted by molar-refractivity contribution is 5.75. The fourth-order valence-corrected chi connectivity index (χ4v) is 7.44. The normalized spacial score (nSPS) is 31.6. The molecule has 0 heterocycles. The zero-order valence-electron chi connectivity index (χ0n) is 21.1. The van der Waals surface area contributed by atoms with Crippen molar-refractivity contribution in [2.45, 2.75) is 110 Å². The van der Waals surface area contributed by atoms with Crippen molar-refractivity contribution < 1.29 is 18.3 Å². The Morgan fingerprint density at radius 3 is 2.38 bits per heavy atom. The van der Waals surface area contributed by atoms with E-state index < -0.39 is 11.6 Å². The summed E-state index contributed by atoms with van der Waals surface area (Å²) in [5.41, 5.74) is 0. The summed E-state index contributed by atoms with van der Waals surface area (Å²) in [5.74, 6) is 1.54. The van der Waals surface area contributed by atoms with Gasteiger partial charge in [-0.05, 0) is 80.2 Å². The van der Waals surface area contributed by atoms with Gasteiger partial charge in [-0.15, -0.1) is 0 Å². The number of carbonyl (C=O) groups excluding carboxylic acids is 1. The summed E-state index contributed by atoms with van der Waals surface area (Å²) < 4.78 is 32.2. The summed E-state index contributed by atoms with van der Waals surface area (Å²) in [6, 6.07) is 3.34. The minimum Gasteiger partial charge on any atom is -0.426 e. The average Bonchev–Trinajstić information content (AvgIpc) is 2.86. The molecule has 0 saturated heterocycles. The van der Waals surface area contributed by atoms with Gasteiger partial charge in [0, 0.05) is 6.07 Å². The largest absolute Gasteiger partial charge is 0.426 e. The van der Waals surface area contributed by atoms with Crippen LogP contribution in [0.4, 0.5) is 8.78 Å². The molecule has 3 aliphatic carbocycles. The van der Waals surface area contributed by atoms with Crippen LogP contribution in [0.2, 0.25) is 0 Å². The molecule has 0 bridgehead atoms. The summed E-state index contributed by atoms with van der Waals surface area (Å²) in [6.45, 7) is 2.28. The lowest BCUT2D eigenvalue weighted by molar-refractivity contribution is -0.144. The molecule has 4 unspecified atom stereocenters. The number of hydrogen-bond acceptors (Lipinski definition) is 2. The summed E-state index contributed by atoms with van der Waals surface area (Å²) in [7, 11) is 0. The Bertz CT molecular complexity index is 786. The van der Waals surface area contributed by atoms with Crippen LogP contribution in [0.25, 0.3) is 0 Å². The molecule has 3 saturated carbocycles. The van der Waals surface area contributed by atoms with Crippen LogP contribution in [0.1, 0.15) is 110 Å². The van der Waals surface area contributed by atoms with Gasteiger partial charge >= 0.3 is 5.97 Å². The predicted octanol–water partition coefficient (Wildman–Crippen LogP) is 8.87. The minimum atomic E-state index is -0.974. The van der Waals surface area contributed by atoms with Gasteiger partial charge in [0.2, 0.25) is 0 Å². The highest BCUT2D eigenvalue weighted by Gasteiger charge is 2.43. The molecule has 0 N–H and O–H groups in total. The SMILES string of the molecule is CCCCCCCC1CCC(C2CCC3C(CCCC3C(=O)Oc3ccc(F)c(F)c3)C2)CC1. The van der Waals surface area contributed by atoms with Crippen LogP contribution in [0.5, 0.6) is 5.75 Å². The van der Waals surface area contributed by atoms with E-state index in [-0.39, 0.29) is 17.6 Å². The summed E-state index contributed by atoms with van der Waals surface area (Å²) in [4.78, 5) is 12.9. The predicted molar refractivity (Wildman–Crippen MR) is 132 cm³/mol. The number of benzene rings is 1. The molecule has 4 heteroatoms. The lowest BCUT2D eigenvalue weighted by Gasteiger charge is -2.46. The number of fused-ring (bicyclic) bond motifs is 1. The maximum absolute atomic E-state index is 13.5. The summed E-state index contributed by atoms with van der Waals surface area (Å²) in [5, 5.41) is 0. The van der Waals surface area contributed by atoms with Crippen molar-refractivity contribution in [3.63, 3.8) is 0 Å². The molecule has 4 atom stereocenters. The smallest absolute Gasteiger partial charge is 0.314 e. The van der Waals surface area contributed by atoms with Crippen molar-refractivity contribution in [1.29, 1.82) is 0 Å². The molecule has 4 rings (SSSR count). The molecule has 190 valence electrons. The first-order chi connectivity index (χ1) is 16.5. The molecule has 1 aromatic rings. The van der Waals surface area contributed by atoms with Crippen molar-refractivity contribution in [3.8, 4) is 5.75 Å². The van der Waals surface area contributed by atoms with E-state index >= 15 is 0 Å². The van der Waals surface area contributed by atoms with Crippen molar-refractivity contribution in [2.24, 2.45) is 35.5 Å². The van der Waals surface area contributed by atoms with Gasteiger partial charge in [-0.25, -0.2) is 8.78 Å². The molecule has 0 aromatic heterocycles. The molecule has 34 heavy (non-hydrogen) atoms. The first-order valence-electron chi connectivity index (χ1n) is 14.2. The van der Waals surface area contributed by atoms with Crippen molar-refractivity contribution in [3.05, 3.63) is 29.8 Å². The van der Waals surface area contributed by atoms with Gasteiger partial charge in [0.05, 0.1) is 5.92 Å². The van der Waals surface area contributed by atoms with Crippen LogP contribution in [-0.2, 0) is 4.79 Å². The van der Waals surface area contributed by atoms with E-state index in [1.165, 1.54) is 89.5 Å². The zero-order chi connectivity index (χ0) is 23.9. The molecule has 3 aliphatic rings. The quantitative estimate of drug-likeness (QED) is 0.203. The Balaban J connectivity index is 1.23. The first kappa shape index (κ1) is 25.6. The summed E-state index contributed by atoms with van der Waals surface area (Å²) in [6.07, 6.45) is 20.8. The van der Waals surface area contributed by atoms with Gasteiger partial charge in [0.25, 0.3) is 0 Å². The second kappa shape index (κ2) is 12.5. The van der Waals surface area contributed by atoms with Crippen LogP contribution in [0.15, 0.2) is 18.2 Å². The number of halogens is 2. The standard InChI is InChI=1S/C30H44F2O2/c1-2-3-4-5-6-8-21-11-13-22(14-12-21)23-15-17-26-24(19-23)9-7-10-27(26)30(33)34-25-16-18-28(31)29(32)20-25/h16,18,20-24,26-27H,2-15,17,19H2,1H3. The second-order valence-corrected chi connectivity index (χ2v) is 11.5. The molecular weight excluding hydrogens is 430 g/mol.